The number of ketones is 3. The minimum atomic E-state index is -2.46. The van der Waals surface area contributed by atoms with Crippen LogP contribution in [0.2, 0.25) is 0 Å². The first-order valence-corrected chi connectivity index (χ1v) is 33.6. The number of methoxy groups -OCH3 is 3. The second kappa shape index (κ2) is 43.9. The molecule has 1 saturated carbocycles. The number of thiocarbonyl (C=S) groups is 1. The molecular formula is C68H112N2O20S. The minimum absolute atomic E-state index is 0.00106. The number of hydrogen-bond acceptors (Lipinski definition) is 21. The van der Waals surface area contributed by atoms with E-state index in [0.29, 0.717) is 162 Å². The lowest BCUT2D eigenvalue weighted by Crippen LogP contribution is -2.61. The molecule has 1 aliphatic carbocycles. The number of carbonyl (C=O) groups is 5. The largest absolute Gasteiger partial charge is 0.465 e. The normalized spacial score (nSPS) is 32.2. The van der Waals surface area contributed by atoms with E-state index in [1.54, 1.807) is 41.1 Å². The van der Waals surface area contributed by atoms with E-state index >= 15 is 0 Å². The summed E-state index contributed by atoms with van der Waals surface area (Å²) < 4.78 is 74.8. The lowest BCUT2D eigenvalue weighted by Gasteiger charge is -2.42. The van der Waals surface area contributed by atoms with Gasteiger partial charge in [-0.3, -0.25) is 19.2 Å². The zero-order chi connectivity index (χ0) is 66.7. The number of esters is 1. The predicted molar refractivity (Wildman–Crippen MR) is 346 cm³/mol. The topological polar surface area (TPSA) is 261 Å². The summed E-state index contributed by atoms with van der Waals surface area (Å²) in [6.07, 6.45) is 11.2. The zero-order valence-corrected chi connectivity index (χ0v) is 57.3. The molecule has 23 heteroatoms. The Morgan fingerprint density at radius 3 is 1.93 bits per heavy atom. The van der Waals surface area contributed by atoms with Gasteiger partial charge < -0.3 is 82.0 Å². The number of nitrogens with one attached hydrogen (secondary N) is 1. The Hall–Kier alpha value is -3.92. The fraction of sp³-hybridized carbons (Fsp3) is 0.794. The van der Waals surface area contributed by atoms with Crippen molar-refractivity contribution in [1.29, 1.82) is 0 Å². The van der Waals surface area contributed by atoms with Crippen molar-refractivity contribution >= 4 is 46.6 Å². The summed E-state index contributed by atoms with van der Waals surface area (Å²) in [4.78, 5) is 73.1. The molecule has 91 heavy (non-hydrogen) atoms. The molecule has 0 aromatic heterocycles. The molecule has 3 fully saturated rings. The van der Waals surface area contributed by atoms with Crippen LogP contribution in [-0.2, 0) is 85.6 Å². The second-order valence-corrected chi connectivity index (χ2v) is 25.1. The number of aliphatic hydroxyl groups excluding tert-OH is 1. The van der Waals surface area contributed by atoms with Crippen LogP contribution in [0.3, 0.4) is 0 Å². The predicted octanol–water partition coefficient (Wildman–Crippen LogP) is 7.22. The molecule has 0 radical (unpaired) electrons. The van der Waals surface area contributed by atoms with Crippen LogP contribution in [0.4, 0.5) is 0 Å². The molecule has 3 aliphatic heterocycles. The first kappa shape index (κ1) is 79.5. The van der Waals surface area contributed by atoms with E-state index in [-0.39, 0.29) is 66.1 Å². The van der Waals surface area contributed by atoms with E-state index in [4.69, 9.17) is 73.8 Å². The Kier molecular flexibility index (Phi) is 38.4. The average Bonchev–Trinajstić information content (AvgIpc) is 1.05. The lowest BCUT2D eigenvalue weighted by molar-refractivity contribution is -0.265. The van der Waals surface area contributed by atoms with Gasteiger partial charge in [0.05, 0.1) is 104 Å². The Morgan fingerprint density at radius 1 is 0.725 bits per heavy atom. The van der Waals surface area contributed by atoms with Crippen LogP contribution in [0, 0.1) is 35.5 Å². The zero-order valence-electron chi connectivity index (χ0n) is 56.4. The van der Waals surface area contributed by atoms with E-state index in [1.807, 2.05) is 65.0 Å². The maximum Gasteiger partial charge on any atom is 0.329 e. The van der Waals surface area contributed by atoms with Crippen molar-refractivity contribution < 1.29 is 95.8 Å². The molecule has 2 bridgehead atoms. The summed E-state index contributed by atoms with van der Waals surface area (Å²) in [7, 11) is 4.58. The molecule has 0 spiro atoms. The van der Waals surface area contributed by atoms with Gasteiger partial charge in [-0.05, 0) is 126 Å². The summed E-state index contributed by atoms with van der Waals surface area (Å²) >= 11 is 5.58. The number of carbonyl (C=O) groups excluding carboxylic acids is 5. The van der Waals surface area contributed by atoms with Gasteiger partial charge >= 0.3 is 5.97 Å². The molecule has 520 valence electrons. The van der Waals surface area contributed by atoms with Gasteiger partial charge in [0.2, 0.25) is 5.79 Å². The van der Waals surface area contributed by atoms with Crippen LogP contribution in [0.1, 0.15) is 132 Å². The summed E-state index contributed by atoms with van der Waals surface area (Å²) in [6, 6.07) is -1.18. The minimum Gasteiger partial charge on any atom is -0.465 e. The molecule has 1 amide bonds. The van der Waals surface area contributed by atoms with Crippen LogP contribution in [-0.4, -0.2) is 231 Å². The average molecular weight is 1310 g/mol. The highest BCUT2D eigenvalue weighted by Gasteiger charge is 2.53. The third-order valence-corrected chi connectivity index (χ3v) is 17.9. The van der Waals surface area contributed by atoms with Crippen LogP contribution < -0.4 is 5.32 Å². The van der Waals surface area contributed by atoms with Crippen LogP contribution in [0.5, 0.6) is 0 Å². The molecule has 3 N–H and O–H groups in total. The van der Waals surface area contributed by atoms with E-state index < -0.39 is 77.8 Å². The van der Waals surface area contributed by atoms with Crippen LogP contribution in [0.15, 0.2) is 47.6 Å². The molecule has 3 heterocycles. The molecule has 4 rings (SSSR count). The number of piperidine rings is 1. The number of rotatable bonds is 29. The van der Waals surface area contributed by atoms with Gasteiger partial charge in [-0.25, -0.2) is 4.79 Å². The highest BCUT2D eigenvalue weighted by Crippen LogP contribution is 2.38. The molecule has 22 nitrogen and oxygen atoms in total. The summed E-state index contributed by atoms with van der Waals surface area (Å²) in [5, 5.41) is 27.0. The van der Waals surface area contributed by atoms with Crippen molar-refractivity contribution in [2.24, 2.45) is 35.5 Å². The fourth-order valence-corrected chi connectivity index (χ4v) is 12.3. The molecule has 0 aromatic rings. The number of cyclic esters (lactones) is 1. The highest BCUT2D eigenvalue weighted by molar-refractivity contribution is 7.80. The first-order chi connectivity index (χ1) is 43.7. The number of allylic oxidation sites excluding steroid dienone is 6. The molecule has 0 aromatic carbocycles. The lowest BCUT2D eigenvalue weighted by atomic mass is 9.78. The van der Waals surface area contributed by atoms with Gasteiger partial charge in [0.25, 0.3) is 16.9 Å². The molecule has 0 unspecified atom stereocenters. The van der Waals surface area contributed by atoms with Gasteiger partial charge in [-0.1, -0.05) is 71.1 Å². The Bertz CT molecular complexity index is 2300. The second-order valence-electron chi connectivity index (χ2n) is 24.8. The number of fused-ring (bicyclic) bond motifs is 3. The summed E-state index contributed by atoms with van der Waals surface area (Å²) in [6.45, 7) is 21.9. The van der Waals surface area contributed by atoms with Crippen molar-refractivity contribution in [1.82, 2.24) is 10.2 Å². The molecular weight excluding hydrogens is 1200 g/mol. The quantitative estimate of drug-likeness (QED) is 0.0219. The number of hydrogen-bond donors (Lipinski definition) is 3. The highest BCUT2D eigenvalue weighted by atomic mass is 32.1. The van der Waals surface area contributed by atoms with Gasteiger partial charge in [-0.15, -0.1) is 0 Å². The van der Waals surface area contributed by atoms with Gasteiger partial charge in [-0.2, -0.15) is 0 Å². The SMILES string of the molecule is CCOCCOCCOCCOCCOCCOCCOCCNC(=S)O[C@@H]1CC[C@@H](C[C@@H](C)[C@@H]2CC(=O)[C@H](C)/C=C(\C)[C@@H](O)[C@@H](OC)C(=O)[C@H](C)C[C@H](C)/C=C/C=C/C=C(\C)[C@@H](OC)C[C@@H]3CC[C@@H](C)[C@@](O)(O3)C(=O)C(=O)N3CCCC[C@H]3C(=O)O2)C[C@H]1OC. The van der Waals surface area contributed by atoms with E-state index in [1.165, 1.54) is 12.0 Å². The van der Waals surface area contributed by atoms with Gasteiger partial charge in [0.1, 0.15) is 36.2 Å². The maximum atomic E-state index is 14.7. The summed E-state index contributed by atoms with van der Waals surface area (Å²) in [5.74, 6) is -8.27. The maximum absolute atomic E-state index is 14.7. The number of amides is 1. The van der Waals surface area contributed by atoms with Gasteiger partial charge in [0, 0.05) is 71.6 Å². The van der Waals surface area contributed by atoms with Crippen molar-refractivity contribution in [2.45, 2.75) is 187 Å². The summed E-state index contributed by atoms with van der Waals surface area (Å²) in [5.41, 5.74) is 1.24. The molecule has 15 atom stereocenters. The van der Waals surface area contributed by atoms with E-state index in [0.717, 1.165) is 12.0 Å². The van der Waals surface area contributed by atoms with Crippen LogP contribution >= 0.6 is 12.2 Å². The van der Waals surface area contributed by atoms with Crippen molar-refractivity contribution in [2.75, 3.05) is 127 Å². The smallest absolute Gasteiger partial charge is 0.329 e. The Morgan fingerprint density at radius 2 is 1.34 bits per heavy atom. The third kappa shape index (κ3) is 27.8. The molecule has 2 saturated heterocycles. The van der Waals surface area contributed by atoms with E-state index in [9.17, 15) is 34.2 Å². The monoisotopic (exact) mass is 1310 g/mol. The molecule has 4 aliphatic rings. The Labute approximate surface area is 547 Å². The standard InChI is InChI=1S/C68H112N2O20S/c1-12-81-28-29-83-32-33-85-36-37-87-39-38-86-35-34-84-31-30-82-27-25-69-67(91)89-57-24-22-53(43-60(57)79-10)42-49(5)59-45-56(71)48(4)41-51(7)62(73)63(80-11)61(72)50(6)40-46(2)18-14-13-15-19-47(3)58(78-9)44-54-23-21-52(8)68(77,90-54)64(74)65(75)70-26-17-16-20-55(70)66(76)88-59/h13-15,18-19,41,46,48-50,52-55,57-60,62-63,73,77H,12,16-17,20-40,42-45H2,1-11H3,(H,69,91)/b15-13+,18-14+,47-19+,51-41+/t46-,48-,49-,50-,52-,53+,54+,55+,57-,58+,59+,60-,62-,63+,68-/m1/s1. The van der Waals surface area contributed by atoms with Crippen LogP contribution in [0.25, 0.3) is 0 Å². The third-order valence-electron chi connectivity index (χ3n) is 17.7. The first-order valence-electron chi connectivity index (χ1n) is 33.2. The Balaban J connectivity index is 1.38. The van der Waals surface area contributed by atoms with E-state index in [2.05, 4.69) is 5.32 Å². The number of ether oxygens (including phenoxy) is 13. The number of nitrogens with zero attached hydrogens (tertiary/aromatic N) is 1. The number of Topliss-reactive ketones (excluding diaryl/α,β-unsaturated/α-hetero) is 3. The van der Waals surface area contributed by atoms with Crippen molar-refractivity contribution in [3.8, 4) is 0 Å². The van der Waals surface area contributed by atoms with Crippen molar-refractivity contribution in [3.63, 3.8) is 0 Å². The van der Waals surface area contributed by atoms with Gasteiger partial charge in [0.15, 0.2) is 5.78 Å². The number of aliphatic hydroxyl groups is 2. The van der Waals surface area contributed by atoms with Crippen molar-refractivity contribution in [3.05, 3.63) is 47.6 Å². The fourth-order valence-electron chi connectivity index (χ4n) is 12.1.